The maximum absolute atomic E-state index is 12.9. The molecular formula is C24H37N5O8. The van der Waals surface area contributed by atoms with Crippen molar-refractivity contribution in [2.24, 2.45) is 11.5 Å². The number of unbranched alkanes of at least 4 members (excludes halogenated alkanes) is 1. The third-order valence-corrected chi connectivity index (χ3v) is 5.55. The average molecular weight is 524 g/mol. The van der Waals surface area contributed by atoms with Crippen LogP contribution in [0.25, 0.3) is 0 Å². The molecule has 0 aliphatic rings. The van der Waals surface area contributed by atoms with Crippen molar-refractivity contribution >= 4 is 29.7 Å². The Bertz CT molecular complexity index is 912. The Morgan fingerprint density at radius 3 is 2.03 bits per heavy atom. The van der Waals surface area contributed by atoms with E-state index in [0.29, 0.717) is 31.4 Å². The number of carboxylic acids is 2. The SMILES string of the molecule is CC(O)C(NC(=O)C(CCC(=O)O)NC(=O)C(N)CCCCN)C(=O)NC(Cc1ccccc1)C(=O)O. The molecule has 206 valence electrons. The van der Waals surface area contributed by atoms with Crippen molar-refractivity contribution in [1.82, 2.24) is 16.0 Å². The van der Waals surface area contributed by atoms with Crippen molar-refractivity contribution in [2.75, 3.05) is 6.54 Å². The van der Waals surface area contributed by atoms with Gasteiger partial charge in [-0.3, -0.25) is 19.2 Å². The van der Waals surface area contributed by atoms with E-state index in [4.69, 9.17) is 16.6 Å². The first-order valence-corrected chi connectivity index (χ1v) is 12.0. The molecule has 0 aliphatic carbocycles. The molecule has 0 aromatic heterocycles. The first-order chi connectivity index (χ1) is 17.5. The van der Waals surface area contributed by atoms with Gasteiger partial charge in [0.1, 0.15) is 18.1 Å². The van der Waals surface area contributed by atoms with Gasteiger partial charge in [-0.15, -0.1) is 0 Å². The van der Waals surface area contributed by atoms with Crippen molar-refractivity contribution in [3.8, 4) is 0 Å². The van der Waals surface area contributed by atoms with Crippen molar-refractivity contribution in [3.05, 3.63) is 35.9 Å². The van der Waals surface area contributed by atoms with E-state index < -0.39 is 66.4 Å². The molecule has 13 nitrogen and oxygen atoms in total. The highest BCUT2D eigenvalue weighted by molar-refractivity contribution is 5.94. The zero-order valence-electron chi connectivity index (χ0n) is 20.8. The monoisotopic (exact) mass is 523 g/mol. The van der Waals surface area contributed by atoms with E-state index in [0.717, 1.165) is 0 Å². The number of rotatable bonds is 17. The fourth-order valence-electron chi connectivity index (χ4n) is 3.43. The molecule has 0 bridgehead atoms. The fourth-order valence-corrected chi connectivity index (χ4v) is 3.43. The molecule has 13 heteroatoms. The van der Waals surface area contributed by atoms with Gasteiger partial charge in [0, 0.05) is 12.8 Å². The molecule has 0 aliphatic heterocycles. The molecule has 5 unspecified atom stereocenters. The highest BCUT2D eigenvalue weighted by Gasteiger charge is 2.33. The van der Waals surface area contributed by atoms with E-state index in [2.05, 4.69) is 16.0 Å². The predicted molar refractivity (Wildman–Crippen MR) is 133 cm³/mol. The maximum Gasteiger partial charge on any atom is 0.326 e. The lowest BCUT2D eigenvalue weighted by Gasteiger charge is -2.26. The lowest BCUT2D eigenvalue weighted by Crippen LogP contribution is -2.60. The molecule has 3 amide bonds. The number of carbonyl (C=O) groups is 5. The number of hydrogen-bond acceptors (Lipinski definition) is 8. The van der Waals surface area contributed by atoms with Crippen LogP contribution in [0.15, 0.2) is 30.3 Å². The number of nitrogens with two attached hydrogens (primary N) is 2. The Morgan fingerprint density at radius 1 is 0.865 bits per heavy atom. The van der Waals surface area contributed by atoms with Crippen molar-refractivity contribution in [1.29, 1.82) is 0 Å². The number of hydrogen-bond donors (Lipinski definition) is 8. The number of aliphatic carboxylic acids is 2. The van der Waals surface area contributed by atoms with Gasteiger partial charge in [0.25, 0.3) is 0 Å². The molecule has 5 atom stereocenters. The Hall–Kier alpha value is -3.55. The predicted octanol–water partition coefficient (Wildman–Crippen LogP) is -1.53. The summed E-state index contributed by atoms with van der Waals surface area (Å²) in [5, 5.41) is 35.7. The molecule has 1 aromatic carbocycles. The first kappa shape index (κ1) is 31.5. The third kappa shape index (κ3) is 11.8. The number of carboxylic acid groups (broad SMARTS) is 2. The molecule has 0 saturated heterocycles. The van der Waals surface area contributed by atoms with Crippen LogP contribution < -0.4 is 27.4 Å². The van der Waals surface area contributed by atoms with Crippen LogP contribution in [0.4, 0.5) is 0 Å². The summed E-state index contributed by atoms with van der Waals surface area (Å²) in [5.41, 5.74) is 11.9. The summed E-state index contributed by atoms with van der Waals surface area (Å²) in [4.78, 5) is 61.0. The Balaban J connectivity index is 2.94. The number of carbonyl (C=O) groups excluding carboxylic acids is 3. The van der Waals surface area contributed by atoms with Gasteiger partial charge in [-0.05, 0) is 38.3 Å². The average Bonchev–Trinajstić information content (AvgIpc) is 2.84. The number of amides is 3. The summed E-state index contributed by atoms with van der Waals surface area (Å²) < 4.78 is 0. The fraction of sp³-hybridized carbons (Fsp3) is 0.542. The van der Waals surface area contributed by atoms with E-state index in [1.54, 1.807) is 30.3 Å². The standard InChI is InChI=1S/C24H37N5O8/c1-14(30)20(23(35)28-18(24(36)37)13-15-7-3-2-4-8-15)29-22(34)17(10-11-19(31)32)27-21(33)16(26)9-5-6-12-25/h2-4,7-8,14,16-18,20,30H,5-6,9-13,25-26H2,1H3,(H,27,33)(H,28,35)(H,29,34)(H,31,32)(H,36,37). The van der Waals surface area contributed by atoms with E-state index >= 15 is 0 Å². The second-order valence-corrected chi connectivity index (χ2v) is 8.70. The topological polar surface area (TPSA) is 234 Å². The van der Waals surface area contributed by atoms with Crippen LogP contribution in [0.2, 0.25) is 0 Å². The number of aliphatic hydroxyl groups is 1. The molecule has 37 heavy (non-hydrogen) atoms. The highest BCUT2D eigenvalue weighted by Crippen LogP contribution is 2.07. The summed E-state index contributed by atoms with van der Waals surface area (Å²) in [6.07, 6.45) is -0.725. The molecule has 10 N–H and O–H groups in total. The molecular weight excluding hydrogens is 486 g/mol. The molecule has 1 rings (SSSR count). The van der Waals surface area contributed by atoms with Gasteiger partial charge in [-0.2, -0.15) is 0 Å². The normalized spacial score (nSPS) is 14.9. The number of aliphatic hydroxyl groups excluding tert-OH is 1. The molecule has 0 radical (unpaired) electrons. The largest absolute Gasteiger partial charge is 0.481 e. The minimum absolute atomic E-state index is 0.0400. The van der Waals surface area contributed by atoms with Crippen LogP contribution in [-0.4, -0.2) is 81.8 Å². The zero-order chi connectivity index (χ0) is 28.0. The summed E-state index contributed by atoms with van der Waals surface area (Å²) >= 11 is 0. The number of nitrogens with one attached hydrogen (secondary N) is 3. The second-order valence-electron chi connectivity index (χ2n) is 8.70. The molecule has 0 heterocycles. The van der Waals surface area contributed by atoms with E-state index in [-0.39, 0.29) is 12.8 Å². The van der Waals surface area contributed by atoms with Gasteiger partial charge in [0.15, 0.2) is 0 Å². The van der Waals surface area contributed by atoms with Gasteiger partial charge in [0.05, 0.1) is 12.1 Å². The zero-order valence-corrected chi connectivity index (χ0v) is 20.8. The number of benzene rings is 1. The van der Waals surface area contributed by atoms with Crippen LogP contribution in [0.3, 0.4) is 0 Å². The minimum Gasteiger partial charge on any atom is -0.481 e. The summed E-state index contributed by atoms with van der Waals surface area (Å²) in [7, 11) is 0. The van der Waals surface area contributed by atoms with Crippen molar-refractivity contribution in [3.63, 3.8) is 0 Å². The minimum atomic E-state index is -1.58. The van der Waals surface area contributed by atoms with E-state index in [1.165, 1.54) is 6.92 Å². The van der Waals surface area contributed by atoms with E-state index in [9.17, 15) is 34.2 Å². The molecule has 0 fully saturated rings. The van der Waals surface area contributed by atoms with Crippen LogP contribution in [-0.2, 0) is 30.4 Å². The maximum atomic E-state index is 12.9. The van der Waals surface area contributed by atoms with Gasteiger partial charge in [-0.25, -0.2) is 4.79 Å². The van der Waals surface area contributed by atoms with Crippen LogP contribution >= 0.6 is 0 Å². The quantitative estimate of drug-likeness (QED) is 0.110. The van der Waals surface area contributed by atoms with E-state index in [1.807, 2.05) is 0 Å². The lowest BCUT2D eigenvalue weighted by molar-refractivity contribution is -0.143. The summed E-state index contributed by atoms with van der Waals surface area (Å²) in [6.45, 7) is 1.64. The van der Waals surface area contributed by atoms with Gasteiger partial charge in [0.2, 0.25) is 17.7 Å². The lowest BCUT2D eigenvalue weighted by atomic mass is 10.0. The first-order valence-electron chi connectivity index (χ1n) is 12.0. The summed E-state index contributed by atoms with van der Waals surface area (Å²) in [6, 6.07) is 3.31. The van der Waals surface area contributed by atoms with Gasteiger partial charge < -0.3 is 42.7 Å². The second kappa shape index (κ2) is 16.2. The van der Waals surface area contributed by atoms with Crippen LogP contribution in [0.1, 0.15) is 44.6 Å². The van der Waals surface area contributed by atoms with Gasteiger partial charge in [-0.1, -0.05) is 36.8 Å². The van der Waals surface area contributed by atoms with Gasteiger partial charge >= 0.3 is 11.9 Å². The summed E-state index contributed by atoms with van der Waals surface area (Å²) in [5.74, 6) is -5.11. The Morgan fingerprint density at radius 2 is 1.49 bits per heavy atom. The third-order valence-electron chi connectivity index (χ3n) is 5.55. The molecule has 0 spiro atoms. The van der Waals surface area contributed by atoms with Crippen molar-refractivity contribution < 1.29 is 39.3 Å². The smallest absolute Gasteiger partial charge is 0.326 e. The molecule has 0 saturated carbocycles. The Labute approximate surface area is 215 Å². The molecule has 1 aromatic rings. The Kier molecular flexibility index (Phi) is 13.8. The highest BCUT2D eigenvalue weighted by atomic mass is 16.4. The van der Waals surface area contributed by atoms with Crippen molar-refractivity contribution in [2.45, 2.75) is 75.7 Å². The van der Waals surface area contributed by atoms with Crippen LogP contribution in [0, 0.1) is 0 Å². The van der Waals surface area contributed by atoms with Crippen LogP contribution in [0.5, 0.6) is 0 Å².